The van der Waals surface area contributed by atoms with E-state index in [2.05, 4.69) is 32.2 Å². The SMILES string of the molecule is CNCc1ccc(COc2ccccc2C(C)(C)C)o1. The van der Waals surface area contributed by atoms with Gasteiger partial charge in [-0.1, -0.05) is 39.0 Å². The van der Waals surface area contributed by atoms with Gasteiger partial charge in [-0.15, -0.1) is 0 Å². The summed E-state index contributed by atoms with van der Waals surface area (Å²) in [5, 5.41) is 3.07. The molecule has 1 heterocycles. The van der Waals surface area contributed by atoms with Crippen molar-refractivity contribution in [3.63, 3.8) is 0 Å². The number of furan rings is 1. The van der Waals surface area contributed by atoms with Crippen molar-refractivity contribution in [3.8, 4) is 5.75 Å². The highest BCUT2D eigenvalue weighted by molar-refractivity contribution is 5.38. The first-order valence-corrected chi connectivity index (χ1v) is 6.95. The number of benzene rings is 1. The van der Waals surface area contributed by atoms with Crippen LogP contribution in [0.25, 0.3) is 0 Å². The van der Waals surface area contributed by atoms with E-state index in [9.17, 15) is 0 Å². The van der Waals surface area contributed by atoms with E-state index in [0.717, 1.165) is 23.8 Å². The number of nitrogens with one attached hydrogen (secondary N) is 1. The maximum atomic E-state index is 5.93. The molecule has 2 rings (SSSR count). The molecule has 0 saturated carbocycles. The van der Waals surface area contributed by atoms with Crippen LogP contribution in [-0.2, 0) is 18.6 Å². The first-order chi connectivity index (χ1) is 9.50. The van der Waals surface area contributed by atoms with Crippen molar-refractivity contribution in [1.82, 2.24) is 5.32 Å². The van der Waals surface area contributed by atoms with E-state index in [0.29, 0.717) is 6.61 Å². The second-order valence-corrected chi connectivity index (χ2v) is 5.93. The van der Waals surface area contributed by atoms with Gasteiger partial charge in [0.2, 0.25) is 0 Å². The highest BCUT2D eigenvalue weighted by atomic mass is 16.5. The van der Waals surface area contributed by atoms with Crippen molar-refractivity contribution in [3.05, 3.63) is 53.5 Å². The average Bonchev–Trinajstić information content (AvgIpc) is 2.84. The van der Waals surface area contributed by atoms with Gasteiger partial charge in [-0.2, -0.15) is 0 Å². The van der Waals surface area contributed by atoms with Crippen LogP contribution >= 0.6 is 0 Å². The zero-order chi connectivity index (χ0) is 14.6. The van der Waals surface area contributed by atoms with E-state index in [4.69, 9.17) is 9.15 Å². The van der Waals surface area contributed by atoms with Crippen LogP contribution in [0, 0.1) is 0 Å². The van der Waals surface area contributed by atoms with Crippen molar-refractivity contribution in [2.45, 2.75) is 39.3 Å². The fourth-order valence-corrected chi connectivity index (χ4v) is 2.13. The summed E-state index contributed by atoms with van der Waals surface area (Å²) in [7, 11) is 1.90. The third kappa shape index (κ3) is 3.64. The van der Waals surface area contributed by atoms with E-state index in [1.54, 1.807) is 0 Å². The molecule has 0 spiro atoms. The van der Waals surface area contributed by atoms with Gasteiger partial charge in [0.15, 0.2) is 0 Å². The fraction of sp³-hybridized carbons (Fsp3) is 0.412. The molecule has 0 atom stereocenters. The van der Waals surface area contributed by atoms with Crippen molar-refractivity contribution >= 4 is 0 Å². The van der Waals surface area contributed by atoms with Gasteiger partial charge in [0.25, 0.3) is 0 Å². The molecule has 0 aliphatic heterocycles. The zero-order valence-electron chi connectivity index (χ0n) is 12.7. The number of ether oxygens (including phenoxy) is 1. The van der Waals surface area contributed by atoms with Gasteiger partial charge in [0.05, 0.1) is 6.54 Å². The summed E-state index contributed by atoms with van der Waals surface area (Å²) in [6.45, 7) is 7.75. The van der Waals surface area contributed by atoms with Gasteiger partial charge in [0, 0.05) is 0 Å². The van der Waals surface area contributed by atoms with Crippen LogP contribution in [0.5, 0.6) is 5.75 Å². The Bertz CT molecular complexity index is 552. The maximum absolute atomic E-state index is 5.93. The molecule has 1 N–H and O–H groups in total. The molecular formula is C17H23NO2. The first-order valence-electron chi connectivity index (χ1n) is 6.95. The van der Waals surface area contributed by atoms with Crippen molar-refractivity contribution in [1.29, 1.82) is 0 Å². The number of hydrogen-bond acceptors (Lipinski definition) is 3. The van der Waals surface area contributed by atoms with Crippen LogP contribution in [0.1, 0.15) is 37.9 Å². The Hall–Kier alpha value is -1.74. The third-order valence-corrected chi connectivity index (χ3v) is 3.13. The van der Waals surface area contributed by atoms with E-state index in [-0.39, 0.29) is 5.41 Å². The lowest BCUT2D eigenvalue weighted by molar-refractivity contribution is 0.259. The molecule has 1 aromatic heterocycles. The fourth-order valence-electron chi connectivity index (χ4n) is 2.13. The molecule has 1 aromatic carbocycles. The molecule has 0 fully saturated rings. The summed E-state index contributed by atoms with van der Waals surface area (Å²) in [4.78, 5) is 0. The largest absolute Gasteiger partial charge is 0.485 e. The lowest BCUT2D eigenvalue weighted by Crippen LogP contribution is -2.13. The van der Waals surface area contributed by atoms with Gasteiger partial charge in [-0.25, -0.2) is 0 Å². The molecule has 0 unspecified atom stereocenters. The lowest BCUT2D eigenvalue weighted by atomic mass is 9.86. The Balaban J connectivity index is 2.07. The van der Waals surface area contributed by atoms with Gasteiger partial charge < -0.3 is 14.5 Å². The number of para-hydroxylation sites is 1. The van der Waals surface area contributed by atoms with Crippen molar-refractivity contribution < 1.29 is 9.15 Å². The molecule has 108 valence electrons. The highest BCUT2D eigenvalue weighted by Gasteiger charge is 2.18. The molecule has 0 amide bonds. The van der Waals surface area contributed by atoms with Crippen LogP contribution in [-0.4, -0.2) is 7.05 Å². The Morgan fingerprint density at radius 1 is 1.05 bits per heavy atom. The minimum atomic E-state index is 0.0665. The summed E-state index contributed by atoms with van der Waals surface area (Å²) in [5.41, 5.74) is 1.28. The van der Waals surface area contributed by atoms with Gasteiger partial charge >= 0.3 is 0 Å². The van der Waals surface area contributed by atoms with Crippen molar-refractivity contribution in [2.24, 2.45) is 0 Å². The smallest absolute Gasteiger partial charge is 0.146 e. The molecule has 3 nitrogen and oxygen atoms in total. The van der Waals surface area contributed by atoms with Crippen LogP contribution in [0.3, 0.4) is 0 Å². The molecule has 0 aliphatic carbocycles. The Labute approximate surface area is 121 Å². The summed E-state index contributed by atoms with van der Waals surface area (Å²) in [6, 6.07) is 12.1. The third-order valence-electron chi connectivity index (χ3n) is 3.13. The molecular weight excluding hydrogens is 250 g/mol. The lowest BCUT2D eigenvalue weighted by Gasteiger charge is -2.22. The molecule has 2 aromatic rings. The molecule has 0 aliphatic rings. The van der Waals surface area contributed by atoms with E-state index in [1.165, 1.54) is 5.56 Å². The Kier molecular flexibility index (Phi) is 4.50. The maximum Gasteiger partial charge on any atom is 0.146 e. The molecule has 0 bridgehead atoms. The first kappa shape index (κ1) is 14.7. The summed E-state index contributed by atoms with van der Waals surface area (Å²) >= 11 is 0. The van der Waals surface area contributed by atoms with Crippen LogP contribution in [0.15, 0.2) is 40.8 Å². The van der Waals surface area contributed by atoms with E-state index in [1.807, 2.05) is 37.4 Å². The number of rotatable bonds is 5. The van der Waals surface area contributed by atoms with Crippen LogP contribution in [0.2, 0.25) is 0 Å². The Morgan fingerprint density at radius 3 is 2.45 bits per heavy atom. The van der Waals surface area contributed by atoms with Gasteiger partial charge in [-0.05, 0) is 36.2 Å². The highest BCUT2D eigenvalue weighted by Crippen LogP contribution is 2.31. The monoisotopic (exact) mass is 273 g/mol. The second-order valence-electron chi connectivity index (χ2n) is 5.93. The average molecular weight is 273 g/mol. The summed E-state index contributed by atoms with van der Waals surface area (Å²) in [5.74, 6) is 2.70. The van der Waals surface area contributed by atoms with Crippen molar-refractivity contribution in [2.75, 3.05) is 7.05 Å². The number of hydrogen-bond donors (Lipinski definition) is 1. The standard InChI is InChI=1S/C17H23NO2/c1-17(2,3)15-7-5-6-8-16(15)19-12-14-10-9-13(20-14)11-18-4/h5-10,18H,11-12H2,1-4H3. The van der Waals surface area contributed by atoms with Crippen LogP contribution in [0.4, 0.5) is 0 Å². The normalized spacial score (nSPS) is 11.6. The predicted molar refractivity (Wildman–Crippen MR) is 80.9 cm³/mol. The minimum Gasteiger partial charge on any atom is -0.485 e. The quantitative estimate of drug-likeness (QED) is 0.898. The molecule has 0 radical (unpaired) electrons. The molecule has 3 heteroatoms. The van der Waals surface area contributed by atoms with Gasteiger partial charge in [0.1, 0.15) is 23.9 Å². The minimum absolute atomic E-state index is 0.0665. The van der Waals surface area contributed by atoms with Gasteiger partial charge in [-0.3, -0.25) is 0 Å². The second kappa shape index (κ2) is 6.14. The topological polar surface area (TPSA) is 34.4 Å². The molecule has 0 saturated heterocycles. The van der Waals surface area contributed by atoms with E-state index < -0.39 is 0 Å². The predicted octanol–water partition coefficient (Wildman–Crippen LogP) is 3.88. The molecule has 20 heavy (non-hydrogen) atoms. The Morgan fingerprint density at radius 2 is 1.75 bits per heavy atom. The summed E-state index contributed by atoms with van der Waals surface area (Å²) in [6.07, 6.45) is 0. The van der Waals surface area contributed by atoms with Crippen LogP contribution < -0.4 is 10.1 Å². The summed E-state index contributed by atoms with van der Waals surface area (Å²) < 4.78 is 11.6. The zero-order valence-corrected chi connectivity index (χ0v) is 12.7. The van der Waals surface area contributed by atoms with E-state index >= 15 is 0 Å².